The van der Waals surface area contributed by atoms with Gasteiger partial charge in [0.1, 0.15) is 11.8 Å². The van der Waals surface area contributed by atoms with Crippen LogP contribution in [0.25, 0.3) is 0 Å². The van der Waals surface area contributed by atoms with E-state index in [4.69, 9.17) is 4.74 Å². The number of thiophene rings is 1. The van der Waals surface area contributed by atoms with Gasteiger partial charge in [0, 0.05) is 23.7 Å². The first-order valence-electron chi connectivity index (χ1n) is 10.0. The molecule has 1 aromatic carbocycles. The zero-order valence-electron chi connectivity index (χ0n) is 17.1. The summed E-state index contributed by atoms with van der Waals surface area (Å²) in [5, 5.41) is 4.91. The van der Waals surface area contributed by atoms with Crippen LogP contribution in [-0.4, -0.2) is 61.4 Å². The van der Waals surface area contributed by atoms with E-state index in [1.54, 1.807) is 16.2 Å². The molecule has 0 bridgehead atoms. The van der Waals surface area contributed by atoms with Gasteiger partial charge in [-0.2, -0.15) is 0 Å². The fourth-order valence-electron chi connectivity index (χ4n) is 3.43. The summed E-state index contributed by atoms with van der Waals surface area (Å²) in [6.07, 6.45) is 2.88. The normalized spacial score (nSPS) is 16.2. The molecule has 1 fully saturated rings. The third kappa shape index (κ3) is 6.30. The van der Waals surface area contributed by atoms with Crippen molar-refractivity contribution in [3.05, 3.63) is 46.7 Å². The predicted molar refractivity (Wildman–Crippen MR) is 116 cm³/mol. The average molecular weight is 416 g/mol. The Morgan fingerprint density at radius 2 is 2.03 bits per heavy atom. The van der Waals surface area contributed by atoms with Crippen LogP contribution in [-0.2, 0) is 16.0 Å². The van der Waals surface area contributed by atoms with E-state index < -0.39 is 6.04 Å². The molecule has 7 heteroatoms. The number of rotatable bonds is 9. The lowest BCUT2D eigenvalue weighted by Gasteiger charge is -2.24. The monoisotopic (exact) mass is 415 g/mol. The first kappa shape index (κ1) is 21.3. The van der Waals surface area contributed by atoms with Gasteiger partial charge in [-0.25, -0.2) is 0 Å². The topological polar surface area (TPSA) is 61.9 Å². The molecule has 1 unspecified atom stereocenters. The van der Waals surface area contributed by atoms with Crippen molar-refractivity contribution in [1.82, 2.24) is 9.80 Å². The summed E-state index contributed by atoms with van der Waals surface area (Å²) < 4.78 is 5.72. The van der Waals surface area contributed by atoms with Gasteiger partial charge in [0.15, 0.2) is 0 Å². The van der Waals surface area contributed by atoms with E-state index in [0.717, 1.165) is 30.0 Å². The molecular weight excluding hydrogens is 386 g/mol. The summed E-state index contributed by atoms with van der Waals surface area (Å²) in [6, 6.07) is 10.9. The van der Waals surface area contributed by atoms with Crippen LogP contribution in [0.3, 0.4) is 0 Å². The maximum Gasteiger partial charge on any atom is 0.247 e. The van der Waals surface area contributed by atoms with Crippen molar-refractivity contribution in [2.75, 3.05) is 39.1 Å². The standard InChI is InChI=1S/C22H29N3O3S/c1-24(2)12-5-14-28-18-10-8-17(9-11-18)23-22(27)20-7-3-13-25(20)21(26)16-19-6-4-15-29-19/h4,6,8-11,15,20H,3,5,7,12-14,16H2,1-2H3,(H,23,27). The number of ether oxygens (including phenoxy) is 1. The maximum absolute atomic E-state index is 12.8. The SMILES string of the molecule is CN(C)CCCOc1ccc(NC(=O)C2CCCN2C(=O)Cc2cccs2)cc1. The van der Waals surface area contributed by atoms with Crippen molar-refractivity contribution in [1.29, 1.82) is 0 Å². The molecule has 6 nitrogen and oxygen atoms in total. The number of carbonyl (C=O) groups is 2. The molecule has 2 amide bonds. The summed E-state index contributed by atoms with van der Waals surface area (Å²) in [7, 11) is 4.08. The maximum atomic E-state index is 12.8. The van der Waals surface area contributed by atoms with Gasteiger partial charge in [-0.15, -0.1) is 11.3 Å². The number of hydrogen-bond donors (Lipinski definition) is 1. The van der Waals surface area contributed by atoms with Gasteiger partial charge in [0.05, 0.1) is 13.0 Å². The van der Waals surface area contributed by atoms with Crippen molar-refractivity contribution >= 4 is 28.8 Å². The number of nitrogens with one attached hydrogen (secondary N) is 1. The highest BCUT2D eigenvalue weighted by Crippen LogP contribution is 2.22. The van der Waals surface area contributed by atoms with Gasteiger partial charge in [-0.05, 0) is 69.1 Å². The number of anilines is 1. The second-order valence-electron chi connectivity index (χ2n) is 7.52. The van der Waals surface area contributed by atoms with Crippen LogP contribution in [0, 0.1) is 0 Å². The molecule has 1 atom stereocenters. The van der Waals surface area contributed by atoms with Gasteiger partial charge in [-0.3, -0.25) is 9.59 Å². The lowest BCUT2D eigenvalue weighted by Crippen LogP contribution is -2.43. The van der Waals surface area contributed by atoms with Crippen LogP contribution in [0.1, 0.15) is 24.1 Å². The molecule has 3 rings (SSSR count). The molecule has 2 aromatic rings. The minimum Gasteiger partial charge on any atom is -0.494 e. The fourth-order valence-corrected chi connectivity index (χ4v) is 4.13. The number of amides is 2. The first-order chi connectivity index (χ1) is 14.0. The first-order valence-corrected chi connectivity index (χ1v) is 10.9. The van der Waals surface area contributed by atoms with Crippen LogP contribution >= 0.6 is 11.3 Å². The largest absolute Gasteiger partial charge is 0.494 e. The molecule has 0 saturated carbocycles. The Balaban J connectivity index is 1.50. The number of hydrogen-bond acceptors (Lipinski definition) is 5. The number of likely N-dealkylation sites (tertiary alicyclic amines) is 1. The molecule has 1 aliphatic rings. The van der Waals surface area contributed by atoms with E-state index >= 15 is 0 Å². The van der Waals surface area contributed by atoms with E-state index in [2.05, 4.69) is 10.2 Å². The average Bonchev–Trinajstić information content (AvgIpc) is 3.38. The van der Waals surface area contributed by atoms with E-state index in [9.17, 15) is 9.59 Å². The summed E-state index contributed by atoms with van der Waals surface area (Å²) in [5.41, 5.74) is 0.716. The van der Waals surface area contributed by atoms with E-state index in [-0.39, 0.29) is 11.8 Å². The Morgan fingerprint density at radius 3 is 2.72 bits per heavy atom. The van der Waals surface area contributed by atoms with Gasteiger partial charge >= 0.3 is 0 Å². The Labute approximate surface area is 176 Å². The van der Waals surface area contributed by atoms with E-state index in [1.165, 1.54) is 0 Å². The summed E-state index contributed by atoms with van der Waals surface area (Å²) >= 11 is 1.57. The highest BCUT2D eigenvalue weighted by atomic mass is 32.1. The fraction of sp³-hybridized carbons (Fsp3) is 0.455. The Hall–Kier alpha value is -2.38. The second-order valence-corrected chi connectivity index (χ2v) is 8.55. The van der Waals surface area contributed by atoms with Gasteiger partial charge in [-0.1, -0.05) is 6.07 Å². The van der Waals surface area contributed by atoms with E-state index in [0.29, 0.717) is 31.7 Å². The zero-order valence-corrected chi connectivity index (χ0v) is 17.9. The lowest BCUT2D eigenvalue weighted by molar-refractivity contribution is -0.136. The van der Waals surface area contributed by atoms with Crippen molar-refractivity contribution in [2.24, 2.45) is 0 Å². The van der Waals surface area contributed by atoms with Crippen molar-refractivity contribution in [3.63, 3.8) is 0 Å². The minimum atomic E-state index is -0.399. The van der Waals surface area contributed by atoms with Gasteiger partial charge < -0.3 is 19.9 Å². The van der Waals surface area contributed by atoms with Crippen LogP contribution in [0.15, 0.2) is 41.8 Å². The molecule has 1 N–H and O–H groups in total. The molecule has 1 aromatic heterocycles. The molecule has 2 heterocycles. The Bertz CT molecular complexity index is 790. The smallest absolute Gasteiger partial charge is 0.247 e. The highest BCUT2D eigenvalue weighted by molar-refractivity contribution is 7.10. The highest BCUT2D eigenvalue weighted by Gasteiger charge is 2.34. The van der Waals surface area contributed by atoms with Crippen molar-refractivity contribution in [2.45, 2.75) is 31.7 Å². The summed E-state index contributed by atoms with van der Waals surface area (Å²) in [5.74, 6) is 0.684. The number of carbonyl (C=O) groups excluding carboxylic acids is 2. The third-order valence-electron chi connectivity index (χ3n) is 4.92. The van der Waals surface area contributed by atoms with Crippen LogP contribution in [0.5, 0.6) is 5.75 Å². The molecule has 1 saturated heterocycles. The van der Waals surface area contributed by atoms with Crippen LogP contribution in [0.2, 0.25) is 0 Å². The zero-order chi connectivity index (χ0) is 20.6. The van der Waals surface area contributed by atoms with Crippen molar-refractivity contribution < 1.29 is 14.3 Å². The number of benzene rings is 1. The molecular formula is C22H29N3O3S. The molecule has 156 valence electrons. The molecule has 0 radical (unpaired) electrons. The quantitative estimate of drug-likeness (QED) is 0.639. The number of nitrogens with zero attached hydrogens (tertiary/aromatic N) is 2. The minimum absolute atomic E-state index is 0.0200. The molecule has 1 aliphatic heterocycles. The predicted octanol–water partition coefficient (Wildman–Crippen LogP) is 3.25. The lowest BCUT2D eigenvalue weighted by atomic mass is 10.2. The Morgan fingerprint density at radius 1 is 1.24 bits per heavy atom. The molecule has 0 spiro atoms. The molecule has 0 aliphatic carbocycles. The summed E-state index contributed by atoms with van der Waals surface area (Å²) in [6.45, 7) is 2.28. The van der Waals surface area contributed by atoms with Gasteiger partial charge in [0.25, 0.3) is 0 Å². The van der Waals surface area contributed by atoms with E-state index in [1.807, 2.05) is 55.9 Å². The van der Waals surface area contributed by atoms with Crippen molar-refractivity contribution in [3.8, 4) is 5.75 Å². The van der Waals surface area contributed by atoms with Gasteiger partial charge in [0.2, 0.25) is 11.8 Å². The third-order valence-corrected chi connectivity index (χ3v) is 5.80. The Kier molecular flexibility index (Phi) is 7.66. The van der Waals surface area contributed by atoms with Crippen LogP contribution < -0.4 is 10.1 Å². The molecule has 29 heavy (non-hydrogen) atoms. The summed E-state index contributed by atoms with van der Waals surface area (Å²) in [4.78, 5) is 30.3. The van der Waals surface area contributed by atoms with Crippen LogP contribution in [0.4, 0.5) is 5.69 Å². The second kappa shape index (κ2) is 10.4.